The van der Waals surface area contributed by atoms with E-state index in [9.17, 15) is 14.7 Å². The van der Waals surface area contributed by atoms with Crippen LogP contribution in [0.25, 0.3) is 0 Å². The number of carbonyl (C=O) groups excluding carboxylic acids is 2. The average Bonchev–Trinajstić information content (AvgIpc) is 3.08. The van der Waals surface area contributed by atoms with Gasteiger partial charge in [0.2, 0.25) is 5.88 Å². The van der Waals surface area contributed by atoms with Gasteiger partial charge in [0.15, 0.2) is 0 Å². The zero-order valence-electron chi connectivity index (χ0n) is 16.8. The van der Waals surface area contributed by atoms with E-state index in [1.165, 1.54) is 26.4 Å². The van der Waals surface area contributed by atoms with Gasteiger partial charge < -0.3 is 20.1 Å². The molecule has 2 fully saturated rings. The molecule has 3 atom stereocenters. The molecule has 2 N–H and O–H groups in total. The molecule has 0 spiro atoms. The maximum atomic E-state index is 12.7. The Morgan fingerprint density at radius 2 is 2.04 bits per heavy atom. The summed E-state index contributed by atoms with van der Waals surface area (Å²) in [6.07, 6.45) is 6.12. The van der Waals surface area contributed by atoms with Crippen molar-refractivity contribution < 1.29 is 19.4 Å². The quantitative estimate of drug-likeness (QED) is 0.778. The van der Waals surface area contributed by atoms with Crippen LogP contribution in [-0.2, 0) is 4.79 Å². The van der Waals surface area contributed by atoms with Crippen molar-refractivity contribution in [3.8, 4) is 5.88 Å². The number of likely N-dealkylation sites (tertiary alicyclic amines) is 1. The van der Waals surface area contributed by atoms with Crippen molar-refractivity contribution in [2.45, 2.75) is 70.1 Å². The van der Waals surface area contributed by atoms with Gasteiger partial charge in [0.1, 0.15) is 11.8 Å². The SMILES string of the molecule is COc1cccc(C(=O)N[C@@H]2CCN(C(=O)[C@@H](O)CC3CCCCC3)[C@@H]2C)n1. The molecule has 0 aromatic carbocycles. The predicted octanol–water partition coefficient (Wildman–Crippen LogP) is 2.14. The Balaban J connectivity index is 1.55. The molecule has 1 aliphatic carbocycles. The zero-order chi connectivity index (χ0) is 20.1. The fourth-order valence-electron chi connectivity index (χ4n) is 4.37. The number of hydrogen-bond donors (Lipinski definition) is 2. The Morgan fingerprint density at radius 1 is 1.29 bits per heavy atom. The molecule has 2 heterocycles. The summed E-state index contributed by atoms with van der Waals surface area (Å²) >= 11 is 0. The Kier molecular flexibility index (Phi) is 6.88. The predicted molar refractivity (Wildman–Crippen MR) is 105 cm³/mol. The molecule has 3 rings (SSSR count). The molecule has 1 aliphatic heterocycles. The van der Waals surface area contributed by atoms with Crippen LogP contribution in [0.4, 0.5) is 0 Å². The molecule has 0 radical (unpaired) electrons. The number of aliphatic hydroxyl groups is 1. The smallest absolute Gasteiger partial charge is 0.270 e. The topological polar surface area (TPSA) is 91.8 Å². The van der Waals surface area contributed by atoms with Gasteiger partial charge in [-0.05, 0) is 31.7 Å². The van der Waals surface area contributed by atoms with Gasteiger partial charge in [-0.3, -0.25) is 9.59 Å². The van der Waals surface area contributed by atoms with E-state index in [1.807, 2.05) is 6.92 Å². The summed E-state index contributed by atoms with van der Waals surface area (Å²) in [7, 11) is 1.51. The van der Waals surface area contributed by atoms with Crippen LogP contribution in [0.5, 0.6) is 5.88 Å². The third-order valence-electron chi connectivity index (χ3n) is 6.09. The third-order valence-corrected chi connectivity index (χ3v) is 6.09. The first-order chi connectivity index (χ1) is 13.5. The molecule has 1 saturated heterocycles. The molecule has 1 saturated carbocycles. The lowest BCUT2D eigenvalue weighted by atomic mass is 9.85. The van der Waals surface area contributed by atoms with Gasteiger partial charge >= 0.3 is 0 Å². The van der Waals surface area contributed by atoms with Gasteiger partial charge in [-0.15, -0.1) is 0 Å². The highest BCUT2D eigenvalue weighted by Crippen LogP contribution is 2.28. The van der Waals surface area contributed by atoms with E-state index in [-0.39, 0.29) is 29.6 Å². The van der Waals surface area contributed by atoms with Crippen LogP contribution in [0.1, 0.15) is 62.4 Å². The highest BCUT2D eigenvalue weighted by Gasteiger charge is 2.37. The molecule has 2 aliphatic rings. The van der Waals surface area contributed by atoms with Crippen molar-refractivity contribution in [3.05, 3.63) is 23.9 Å². The summed E-state index contributed by atoms with van der Waals surface area (Å²) in [5.41, 5.74) is 0.286. The van der Waals surface area contributed by atoms with Crippen molar-refractivity contribution >= 4 is 11.8 Å². The van der Waals surface area contributed by atoms with Crippen molar-refractivity contribution in [1.82, 2.24) is 15.2 Å². The number of aromatic nitrogens is 1. The van der Waals surface area contributed by atoms with Crippen LogP contribution in [0.2, 0.25) is 0 Å². The fourth-order valence-corrected chi connectivity index (χ4v) is 4.37. The van der Waals surface area contributed by atoms with Gasteiger partial charge in [0.25, 0.3) is 11.8 Å². The average molecular weight is 389 g/mol. The highest BCUT2D eigenvalue weighted by atomic mass is 16.5. The number of pyridine rings is 1. The van der Waals surface area contributed by atoms with E-state index in [0.29, 0.717) is 31.2 Å². The molecule has 7 heteroatoms. The number of carbonyl (C=O) groups is 2. The van der Waals surface area contributed by atoms with E-state index in [0.717, 1.165) is 12.8 Å². The van der Waals surface area contributed by atoms with E-state index >= 15 is 0 Å². The first-order valence-corrected chi connectivity index (χ1v) is 10.3. The van der Waals surface area contributed by atoms with E-state index in [2.05, 4.69) is 10.3 Å². The second-order valence-electron chi connectivity index (χ2n) is 7.96. The maximum absolute atomic E-state index is 12.7. The standard InChI is InChI=1S/C21H31N3O4/c1-14-16(23-20(26)17-9-6-10-19(22-17)28-2)11-12-24(14)21(27)18(25)13-15-7-4-3-5-8-15/h6,9-10,14-16,18,25H,3-5,7-8,11-13H2,1-2H3,(H,23,26)/t14-,16-,18+/m1/s1. The first-order valence-electron chi connectivity index (χ1n) is 10.3. The molecule has 7 nitrogen and oxygen atoms in total. The van der Waals surface area contributed by atoms with Crippen molar-refractivity contribution in [2.24, 2.45) is 5.92 Å². The number of methoxy groups -OCH3 is 1. The molecular weight excluding hydrogens is 358 g/mol. The lowest BCUT2D eigenvalue weighted by Gasteiger charge is -2.29. The van der Waals surface area contributed by atoms with Gasteiger partial charge in [0, 0.05) is 18.7 Å². The Morgan fingerprint density at radius 3 is 2.75 bits per heavy atom. The Bertz CT molecular complexity index is 690. The number of aliphatic hydroxyl groups excluding tert-OH is 1. The van der Waals surface area contributed by atoms with Crippen LogP contribution >= 0.6 is 0 Å². The van der Waals surface area contributed by atoms with Crippen LogP contribution in [0.15, 0.2) is 18.2 Å². The van der Waals surface area contributed by atoms with Crippen molar-refractivity contribution in [1.29, 1.82) is 0 Å². The molecule has 28 heavy (non-hydrogen) atoms. The number of hydrogen-bond acceptors (Lipinski definition) is 5. The second-order valence-corrected chi connectivity index (χ2v) is 7.96. The minimum Gasteiger partial charge on any atom is -0.481 e. The van der Waals surface area contributed by atoms with E-state index in [1.54, 1.807) is 23.1 Å². The van der Waals surface area contributed by atoms with Gasteiger partial charge in [-0.1, -0.05) is 38.2 Å². The van der Waals surface area contributed by atoms with Crippen molar-refractivity contribution in [3.63, 3.8) is 0 Å². The van der Waals surface area contributed by atoms with Gasteiger partial charge in [-0.2, -0.15) is 0 Å². The highest BCUT2D eigenvalue weighted by molar-refractivity contribution is 5.92. The number of nitrogens with zero attached hydrogens (tertiary/aromatic N) is 2. The minimum absolute atomic E-state index is 0.161. The van der Waals surface area contributed by atoms with Gasteiger partial charge in [-0.25, -0.2) is 4.98 Å². The van der Waals surface area contributed by atoms with Gasteiger partial charge in [0.05, 0.1) is 13.2 Å². The lowest BCUT2D eigenvalue weighted by molar-refractivity contribution is -0.142. The second kappa shape index (κ2) is 9.37. The lowest BCUT2D eigenvalue weighted by Crippen LogP contribution is -2.48. The maximum Gasteiger partial charge on any atom is 0.270 e. The summed E-state index contributed by atoms with van der Waals surface area (Å²) in [6.45, 7) is 2.46. The molecule has 1 aromatic rings. The van der Waals surface area contributed by atoms with Crippen LogP contribution in [-0.4, -0.2) is 58.6 Å². The molecule has 0 unspecified atom stereocenters. The van der Waals surface area contributed by atoms with E-state index < -0.39 is 6.10 Å². The largest absolute Gasteiger partial charge is 0.481 e. The van der Waals surface area contributed by atoms with E-state index in [4.69, 9.17) is 4.74 Å². The third kappa shape index (κ3) is 4.82. The van der Waals surface area contributed by atoms with Crippen LogP contribution < -0.4 is 10.1 Å². The van der Waals surface area contributed by atoms with Crippen LogP contribution in [0, 0.1) is 5.92 Å². The minimum atomic E-state index is -0.944. The number of rotatable bonds is 6. The molecule has 154 valence electrons. The normalized spacial score (nSPS) is 24.0. The Hall–Kier alpha value is -2.15. The summed E-state index contributed by atoms with van der Waals surface area (Å²) in [4.78, 5) is 31.1. The first kappa shape index (κ1) is 20.6. The number of amides is 2. The Labute approximate surface area is 166 Å². The monoisotopic (exact) mass is 389 g/mol. The fraction of sp³-hybridized carbons (Fsp3) is 0.667. The summed E-state index contributed by atoms with van der Waals surface area (Å²) in [5.74, 6) is 0.331. The van der Waals surface area contributed by atoms with Crippen LogP contribution in [0.3, 0.4) is 0 Å². The summed E-state index contributed by atoms with van der Waals surface area (Å²) < 4.78 is 5.06. The number of nitrogens with one attached hydrogen (secondary N) is 1. The summed E-state index contributed by atoms with van der Waals surface area (Å²) in [5, 5.41) is 13.4. The molecule has 2 amide bonds. The number of ether oxygens (including phenoxy) is 1. The molecular formula is C21H31N3O4. The zero-order valence-corrected chi connectivity index (χ0v) is 16.8. The summed E-state index contributed by atoms with van der Waals surface area (Å²) in [6, 6.07) is 4.71. The molecule has 1 aromatic heterocycles. The molecule has 0 bridgehead atoms. The van der Waals surface area contributed by atoms with Crippen molar-refractivity contribution in [2.75, 3.05) is 13.7 Å².